The number of unbranched alkanes of at least 4 members (excludes halogenated alkanes) is 1. The van der Waals surface area contributed by atoms with Crippen molar-refractivity contribution >= 4 is 16.9 Å². The summed E-state index contributed by atoms with van der Waals surface area (Å²) < 4.78 is 2.31. The van der Waals surface area contributed by atoms with Crippen molar-refractivity contribution in [1.82, 2.24) is 14.5 Å². The predicted molar refractivity (Wildman–Crippen MR) is 115 cm³/mol. The Morgan fingerprint density at radius 1 is 0.926 bits per heavy atom. The molecule has 0 aliphatic carbocycles. The van der Waals surface area contributed by atoms with Crippen LogP contribution in [0.3, 0.4) is 0 Å². The van der Waals surface area contributed by atoms with Gasteiger partial charge in [0.1, 0.15) is 11.6 Å². The lowest BCUT2D eigenvalue weighted by molar-refractivity contribution is 0.724. The highest BCUT2D eigenvalue weighted by molar-refractivity contribution is 5.90. The van der Waals surface area contributed by atoms with E-state index in [0.717, 1.165) is 35.8 Å². The summed E-state index contributed by atoms with van der Waals surface area (Å²) >= 11 is 0. The maximum absolute atomic E-state index is 4.86. The lowest BCUT2D eigenvalue weighted by Gasteiger charge is -2.23. The zero-order valence-electron chi connectivity index (χ0n) is 17.8. The van der Waals surface area contributed by atoms with Crippen molar-refractivity contribution in [2.24, 2.45) is 0 Å². The Labute approximate surface area is 163 Å². The molecule has 0 spiro atoms. The van der Waals surface area contributed by atoms with Gasteiger partial charge in [0, 0.05) is 18.8 Å². The van der Waals surface area contributed by atoms with Crippen LogP contribution in [-0.2, 0) is 0 Å². The van der Waals surface area contributed by atoms with Crippen LogP contribution >= 0.6 is 0 Å². The highest BCUT2D eigenvalue weighted by Gasteiger charge is 2.19. The number of fused-ring (bicyclic) bond motifs is 1. The van der Waals surface area contributed by atoms with Gasteiger partial charge in [0.25, 0.3) is 0 Å². The third kappa shape index (κ3) is 3.58. The molecule has 0 radical (unpaired) electrons. The molecule has 144 valence electrons. The SMILES string of the molecule is CCCCN(CC)c1nc(C)nc2c1cc(C)n2-c1c(C)cc(C)cc1C. The van der Waals surface area contributed by atoms with Gasteiger partial charge < -0.3 is 4.90 Å². The van der Waals surface area contributed by atoms with E-state index in [1.54, 1.807) is 0 Å². The first-order valence-corrected chi connectivity index (χ1v) is 10.1. The minimum absolute atomic E-state index is 0.828. The first kappa shape index (κ1) is 19.4. The molecule has 0 saturated heterocycles. The van der Waals surface area contributed by atoms with Gasteiger partial charge >= 0.3 is 0 Å². The Kier molecular flexibility index (Phi) is 5.54. The van der Waals surface area contributed by atoms with Crippen molar-refractivity contribution in [2.45, 2.75) is 61.3 Å². The van der Waals surface area contributed by atoms with E-state index in [1.807, 2.05) is 6.92 Å². The molecule has 0 saturated carbocycles. The average molecular weight is 365 g/mol. The van der Waals surface area contributed by atoms with E-state index in [9.17, 15) is 0 Å². The summed E-state index contributed by atoms with van der Waals surface area (Å²) in [7, 11) is 0. The van der Waals surface area contributed by atoms with Gasteiger partial charge in [-0.15, -0.1) is 0 Å². The molecule has 4 nitrogen and oxygen atoms in total. The standard InChI is InChI=1S/C23H32N4/c1-8-10-11-26(9-2)22-20-14-18(6)27(23(20)25-19(7)24-22)21-16(4)12-15(3)13-17(21)5/h12-14H,8-11H2,1-7H3. The number of hydrogen-bond donors (Lipinski definition) is 0. The predicted octanol–water partition coefficient (Wildman–Crippen LogP) is 5.59. The number of rotatable bonds is 6. The summed E-state index contributed by atoms with van der Waals surface area (Å²) in [5.41, 5.74) is 7.32. The van der Waals surface area contributed by atoms with Crippen molar-refractivity contribution < 1.29 is 0 Å². The molecular formula is C23H32N4. The third-order valence-electron chi connectivity index (χ3n) is 5.26. The van der Waals surface area contributed by atoms with Gasteiger partial charge in [-0.05, 0) is 65.2 Å². The third-order valence-corrected chi connectivity index (χ3v) is 5.26. The van der Waals surface area contributed by atoms with Gasteiger partial charge in [0.2, 0.25) is 0 Å². The first-order valence-electron chi connectivity index (χ1n) is 10.1. The Bertz CT molecular complexity index is 945. The smallest absolute Gasteiger partial charge is 0.150 e. The van der Waals surface area contributed by atoms with E-state index in [4.69, 9.17) is 9.97 Å². The van der Waals surface area contributed by atoms with E-state index >= 15 is 0 Å². The Balaban J connectivity index is 2.27. The summed E-state index contributed by atoms with van der Waals surface area (Å²) in [6, 6.07) is 6.75. The highest BCUT2D eigenvalue weighted by atomic mass is 15.2. The largest absolute Gasteiger partial charge is 0.356 e. The van der Waals surface area contributed by atoms with Crippen molar-refractivity contribution in [3.05, 3.63) is 46.4 Å². The zero-order chi connectivity index (χ0) is 19.7. The van der Waals surface area contributed by atoms with Gasteiger partial charge in [-0.1, -0.05) is 31.0 Å². The number of hydrogen-bond acceptors (Lipinski definition) is 3. The van der Waals surface area contributed by atoms with Gasteiger partial charge in [0.05, 0.1) is 11.1 Å². The summed E-state index contributed by atoms with van der Waals surface area (Å²) in [6.45, 7) is 17.1. The molecule has 0 fully saturated rings. The fourth-order valence-electron chi connectivity index (χ4n) is 4.10. The molecule has 2 heterocycles. The minimum Gasteiger partial charge on any atom is -0.356 e. The van der Waals surface area contributed by atoms with Gasteiger partial charge in [0.15, 0.2) is 5.65 Å². The molecule has 1 aromatic carbocycles. The molecule has 0 unspecified atom stereocenters. The molecule has 0 bridgehead atoms. The second kappa shape index (κ2) is 7.71. The molecule has 27 heavy (non-hydrogen) atoms. The lowest BCUT2D eigenvalue weighted by atomic mass is 10.0. The van der Waals surface area contributed by atoms with Crippen LogP contribution in [0.2, 0.25) is 0 Å². The quantitative estimate of drug-likeness (QED) is 0.572. The van der Waals surface area contributed by atoms with Crippen molar-refractivity contribution in [3.8, 4) is 5.69 Å². The summed E-state index contributed by atoms with van der Waals surface area (Å²) in [6.07, 6.45) is 2.36. The molecule has 2 aromatic heterocycles. The van der Waals surface area contributed by atoms with Crippen molar-refractivity contribution in [1.29, 1.82) is 0 Å². The molecule has 0 amide bonds. The van der Waals surface area contributed by atoms with Crippen molar-refractivity contribution in [3.63, 3.8) is 0 Å². The van der Waals surface area contributed by atoms with Crippen LogP contribution in [0.15, 0.2) is 18.2 Å². The van der Waals surface area contributed by atoms with Crippen LogP contribution in [0.4, 0.5) is 5.82 Å². The highest BCUT2D eigenvalue weighted by Crippen LogP contribution is 2.32. The zero-order valence-corrected chi connectivity index (χ0v) is 17.8. The van der Waals surface area contributed by atoms with Crippen LogP contribution in [0.25, 0.3) is 16.7 Å². The fourth-order valence-corrected chi connectivity index (χ4v) is 4.10. The minimum atomic E-state index is 0.828. The summed E-state index contributed by atoms with van der Waals surface area (Å²) in [5.74, 6) is 1.90. The topological polar surface area (TPSA) is 34.0 Å². The number of aromatic nitrogens is 3. The maximum Gasteiger partial charge on any atom is 0.150 e. The molecule has 3 rings (SSSR count). The van der Waals surface area contributed by atoms with Crippen LogP contribution < -0.4 is 4.90 Å². The maximum atomic E-state index is 4.86. The van der Waals surface area contributed by atoms with Crippen LogP contribution in [0, 0.1) is 34.6 Å². The number of anilines is 1. The van der Waals surface area contributed by atoms with E-state index < -0.39 is 0 Å². The van der Waals surface area contributed by atoms with Crippen LogP contribution in [0.5, 0.6) is 0 Å². The van der Waals surface area contributed by atoms with Gasteiger partial charge in [-0.3, -0.25) is 4.57 Å². The second-order valence-electron chi connectivity index (χ2n) is 7.63. The Hall–Kier alpha value is -2.36. The van der Waals surface area contributed by atoms with Gasteiger partial charge in [-0.25, -0.2) is 9.97 Å². The normalized spacial score (nSPS) is 11.4. The monoisotopic (exact) mass is 364 g/mol. The molecule has 0 aliphatic rings. The number of nitrogens with zero attached hydrogens (tertiary/aromatic N) is 4. The molecule has 3 aromatic rings. The summed E-state index contributed by atoms with van der Waals surface area (Å²) in [5, 5.41) is 1.15. The van der Waals surface area contributed by atoms with Gasteiger partial charge in [-0.2, -0.15) is 0 Å². The molecule has 0 aliphatic heterocycles. The van der Waals surface area contributed by atoms with E-state index in [0.29, 0.717) is 0 Å². The van der Waals surface area contributed by atoms with Crippen molar-refractivity contribution in [2.75, 3.05) is 18.0 Å². The Morgan fingerprint density at radius 2 is 1.59 bits per heavy atom. The second-order valence-corrected chi connectivity index (χ2v) is 7.63. The number of benzene rings is 1. The molecular weight excluding hydrogens is 332 g/mol. The first-order chi connectivity index (χ1) is 12.9. The Morgan fingerprint density at radius 3 is 2.19 bits per heavy atom. The lowest BCUT2D eigenvalue weighted by Crippen LogP contribution is -2.25. The molecule has 0 atom stereocenters. The molecule has 0 N–H and O–H groups in total. The summed E-state index contributed by atoms with van der Waals surface area (Å²) in [4.78, 5) is 12.1. The number of aryl methyl sites for hydroxylation is 5. The van der Waals surface area contributed by atoms with Crippen LogP contribution in [0.1, 0.15) is 54.9 Å². The van der Waals surface area contributed by atoms with E-state index in [-0.39, 0.29) is 0 Å². The van der Waals surface area contributed by atoms with E-state index in [2.05, 4.69) is 69.2 Å². The van der Waals surface area contributed by atoms with E-state index in [1.165, 1.54) is 40.9 Å². The molecule has 4 heteroatoms. The fraction of sp³-hybridized carbons (Fsp3) is 0.478. The van der Waals surface area contributed by atoms with Crippen LogP contribution in [-0.4, -0.2) is 27.6 Å². The average Bonchev–Trinajstić information content (AvgIpc) is 2.91.